The fourth-order valence-corrected chi connectivity index (χ4v) is 10.5. The third-order valence-corrected chi connectivity index (χ3v) is 14.8. The van der Waals surface area contributed by atoms with Crippen LogP contribution in [0.15, 0.2) is 47.6 Å². The second kappa shape index (κ2) is 27.3. The third kappa shape index (κ3) is 15.5. The number of Topliss-reactive ketones (excluding diaryl/α,β-unsaturated/α-hetero) is 3. The summed E-state index contributed by atoms with van der Waals surface area (Å²) >= 11 is 0. The Hall–Kier alpha value is -3.41. The Kier molecular flexibility index (Phi) is 22.9. The second-order valence-corrected chi connectivity index (χ2v) is 20.2. The Labute approximate surface area is 405 Å². The predicted octanol–water partition coefficient (Wildman–Crippen LogP) is 6.54. The van der Waals surface area contributed by atoms with Gasteiger partial charge in [-0.05, 0) is 101 Å². The molecule has 2 bridgehead atoms. The van der Waals surface area contributed by atoms with Crippen LogP contribution in [0.4, 0.5) is 0 Å². The largest absolute Gasteiger partial charge is 0.460 e. The number of ketones is 3. The van der Waals surface area contributed by atoms with Crippen molar-refractivity contribution in [1.29, 1.82) is 0 Å². The molecule has 68 heavy (non-hydrogen) atoms. The van der Waals surface area contributed by atoms with Crippen LogP contribution in [0.3, 0.4) is 0 Å². The minimum absolute atomic E-state index is 0.0226. The maximum absolute atomic E-state index is 14.5. The van der Waals surface area contributed by atoms with Gasteiger partial charge in [0.25, 0.3) is 11.7 Å². The van der Waals surface area contributed by atoms with E-state index in [0.29, 0.717) is 51.4 Å². The van der Waals surface area contributed by atoms with Crippen molar-refractivity contribution in [3.05, 3.63) is 47.6 Å². The Bertz CT molecular complexity index is 1810. The highest BCUT2D eigenvalue weighted by atomic mass is 16.6. The summed E-state index contributed by atoms with van der Waals surface area (Å²) in [7, 11) is 4.70. The molecule has 15 nitrogen and oxygen atoms in total. The summed E-state index contributed by atoms with van der Waals surface area (Å²) in [5, 5.41) is 32.7. The number of aliphatic hydroxyl groups excluding tert-OH is 2. The first-order valence-electron chi connectivity index (χ1n) is 25.0. The number of carbonyl (C=O) groups is 5. The van der Waals surface area contributed by atoms with E-state index in [1.54, 1.807) is 28.1 Å². The zero-order valence-electron chi connectivity index (χ0n) is 42.4. The predicted molar refractivity (Wildman–Crippen MR) is 256 cm³/mol. The molecule has 1 amide bonds. The molecule has 3 aliphatic heterocycles. The Morgan fingerprint density at radius 2 is 1.56 bits per heavy atom. The molecule has 3 N–H and O–H groups in total. The summed E-state index contributed by atoms with van der Waals surface area (Å²) < 4.78 is 35.6. The van der Waals surface area contributed by atoms with Crippen molar-refractivity contribution in [1.82, 2.24) is 4.90 Å². The number of cyclic esters (lactones) is 1. The number of ether oxygens (including phenoxy) is 6. The van der Waals surface area contributed by atoms with Crippen molar-refractivity contribution >= 4 is 29.2 Å². The van der Waals surface area contributed by atoms with Crippen LogP contribution in [0, 0.1) is 35.5 Å². The van der Waals surface area contributed by atoms with Gasteiger partial charge < -0.3 is 43.7 Å². The number of hydrogen-bond donors (Lipinski definition) is 3. The van der Waals surface area contributed by atoms with Gasteiger partial charge in [-0.25, -0.2) is 4.79 Å². The number of carbonyl (C=O) groups excluding carboxylic acids is 5. The lowest BCUT2D eigenvalue weighted by Crippen LogP contribution is -2.62. The summed E-state index contributed by atoms with van der Waals surface area (Å²) in [6, 6.07) is -1.38. The van der Waals surface area contributed by atoms with E-state index in [2.05, 4.69) is 6.92 Å². The monoisotopic (exact) mass is 958 g/mol. The SMILES string of the molecule is COC1CC(C)=CC(C)C(=O)CC([C@H](C)C[C@@H]2CC[C@@H](OCCO)[C@H](OC)C2)OC(=O)C2CCCC(O)N2C(=O)C(=O)C2(O)OC(CCC2C)CC(OC)C(C)=CC=CC=CC(C)CC(C)C1=O. The minimum Gasteiger partial charge on any atom is -0.460 e. The molecular weight excluding hydrogens is 875 g/mol. The Balaban J connectivity index is 1.70. The van der Waals surface area contributed by atoms with Gasteiger partial charge in [0, 0.05) is 58.3 Å². The highest BCUT2D eigenvalue weighted by molar-refractivity contribution is 6.39. The van der Waals surface area contributed by atoms with Crippen molar-refractivity contribution in [3.63, 3.8) is 0 Å². The molecule has 0 aromatic carbocycles. The Morgan fingerprint density at radius 3 is 2.24 bits per heavy atom. The molecule has 0 aromatic rings. The first kappa shape index (κ1) is 57.2. The number of hydrogen-bond acceptors (Lipinski definition) is 14. The van der Waals surface area contributed by atoms with Gasteiger partial charge in [0.1, 0.15) is 30.3 Å². The van der Waals surface area contributed by atoms with Crippen LogP contribution in [0.5, 0.6) is 0 Å². The van der Waals surface area contributed by atoms with E-state index in [1.807, 2.05) is 64.2 Å². The zero-order valence-corrected chi connectivity index (χ0v) is 42.4. The van der Waals surface area contributed by atoms with Gasteiger partial charge in [-0.15, -0.1) is 0 Å². The average Bonchev–Trinajstić information content (AvgIpc) is 3.31. The van der Waals surface area contributed by atoms with Gasteiger partial charge in [0.2, 0.25) is 5.79 Å². The number of rotatable bonds is 9. The van der Waals surface area contributed by atoms with E-state index < -0.39 is 72.0 Å². The van der Waals surface area contributed by atoms with E-state index in [4.69, 9.17) is 28.4 Å². The van der Waals surface area contributed by atoms with Gasteiger partial charge in [-0.1, -0.05) is 76.6 Å². The summed E-state index contributed by atoms with van der Waals surface area (Å²) in [6.45, 7) is 13.1. The standard InChI is InChI=1S/C53H83NO14/c1-32-15-12-11-13-16-34(3)44(63-8)30-40-21-19-38(7)53(62,68-40)50(59)51(60)54-41(17-14-18-48(54)57)52(61)67-45(36(5)28-39-20-22-43(66-24-23-55)46(29-39)64-9)31-42(56)35(4)26-33(2)27-47(65-10)49(58)37(6)25-32/h11-13,15-16,26,32,35-41,43-48,55,57,62H,14,17-25,27-31H2,1-10H3/t32?,35?,36-,37?,38?,39+,40?,41?,43-,44?,45?,46-,47?,48?,53?/m1/s1. The highest BCUT2D eigenvalue weighted by Crippen LogP contribution is 2.38. The molecule has 2 saturated heterocycles. The van der Waals surface area contributed by atoms with Crippen LogP contribution in [-0.2, 0) is 52.4 Å². The molecule has 15 atom stereocenters. The van der Waals surface area contributed by atoms with Crippen LogP contribution in [0.1, 0.15) is 132 Å². The smallest absolute Gasteiger partial charge is 0.329 e. The molecule has 4 rings (SSSR count). The lowest BCUT2D eigenvalue weighted by molar-refractivity contribution is -0.266. The average molecular weight is 958 g/mol. The molecule has 11 unspecified atom stereocenters. The number of amides is 1. The molecule has 3 fully saturated rings. The van der Waals surface area contributed by atoms with E-state index in [-0.39, 0.29) is 86.3 Å². The molecule has 0 aromatic heterocycles. The molecule has 4 aliphatic rings. The van der Waals surface area contributed by atoms with Crippen molar-refractivity contribution < 1.29 is 67.7 Å². The number of methoxy groups -OCH3 is 3. The maximum Gasteiger partial charge on any atom is 0.329 e. The molecule has 384 valence electrons. The third-order valence-electron chi connectivity index (χ3n) is 14.8. The second-order valence-electron chi connectivity index (χ2n) is 20.2. The summed E-state index contributed by atoms with van der Waals surface area (Å²) in [5.41, 5.74) is 1.67. The molecule has 1 saturated carbocycles. The topological polar surface area (TPSA) is 205 Å². The van der Waals surface area contributed by atoms with Crippen LogP contribution in [0.2, 0.25) is 0 Å². The van der Waals surface area contributed by atoms with Gasteiger partial charge in [0.05, 0.1) is 37.6 Å². The summed E-state index contributed by atoms with van der Waals surface area (Å²) in [4.78, 5) is 71.8. The normalized spacial score (nSPS) is 36.7. The zero-order chi connectivity index (χ0) is 50.3. The van der Waals surface area contributed by atoms with Gasteiger partial charge in [0.15, 0.2) is 5.78 Å². The molecule has 0 spiro atoms. The number of piperidine rings is 1. The quantitative estimate of drug-likeness (QED) is 0.128. The molecule has 1 aliphatic carbocycles. The number of nitrogens with zero attached hydrogens (tertiary/aromatic N) is 1. The number of fused-ring (bicyclic) bond motifs is 3. The van der Waals surface area contributed by atoms with Gasteiger partial charge in [-0.3, -0.25) is 24.1 Å². The van der Waals surface area contributed by atoms with Crippen molar-refractivity contribution in [2.45, 2.75) is 187 Å². The summed E-state index contributed by atoms with van der Waals surface area (Å²) in [5.74, 6) is -7.99. The van der Waals surface area contributed by atoms with Gasteiger partial charge >= 0.3 is 5.97 Å². The molecule has 3 heterocycles. The van der Waals surface area contributed by atoms with E-state index >= 15 is 0 Å². The van der Waals surface area contributed by atoms with Crippen molar-refractivity contribution in [2.24, 2.45) is 35.5 Å². The summed E-state index contributed by atoms with van der Waals surface area (Å²) in [6.07, 6.45) is 11.9. The number of aliphatic hydroxyl groups is 3. The number of allylic oxidation sites excluding steroid dienone is 6. The maximum atomic E-state index is 14.5. The van der Waals surface area contributed by atoms with E-state index in [9.17, 15) is 39.3 Å². The number of esters is 1. The Morgan fingerprint density at radius 1 is 0.838 bits per heavy atom. The first-order chi connectivity index (χ1) is 32.3. The lowest BCUT2D eigenvalue weighted by atomic mass is 9.78. The van der Waals surface area contributed by atoms with Crippen molar-refractivity contribution in [3.8, 4) is 0 Å². The fourth-order valence-electron chi connectivity index (χ4n) is 10.5. The minimum atomic E-state index is -2.54. The lowest BCUT2D eigenvalue weighted by Gasteiger charge is -2.43. The molecular formula is C53H83NO14. The van der Waals surface area contributed by atoms with E-state index in [0.717, 1.165) is 22.5 Å². The van der Waals surface area contributed by atoms with Crippen LogP contribution < -0.4 is 0 Å². The first-order valence-corrected chi connectivity index (χ1v) is 25.0. The molecule has 15 heteroatoms. The van der Waals surface area contributed by atoms with Crippen LogP contribution in [0.25, 0.3) is 0 Å². The highest BCUT2D eigenvalue weighted by Gasteiger charge is 2.54. The fraction of sp³-hybridized carbons (Fsp3) is 0.755. The van der Waals surface area contributed by atoms with Gasteiger partial charge in [-0.2, -0.15) is 0 Å². The van der Waals surface area contributed by atoms with E-state index in [1.165, 1.54) is 7.11 Å². The van der Waals surface area contributed by atoms with Crippen LogP contribution in [-0.4, -0.2) is 139 Å². The molecule has 0 radical (unpaired) electrons. The van der Waals surface area contributed by atoms with Crippen LogP contribution >= 0.6 is 0 Å². The van der Waals surface area contributed by atoms with Crippen molar-refractivity contribution in [2.75, 3.05) is 34.5 Å².